The minimum absolute atomic E-state index is 0.215. The fourth-order valence-electron chi connectivity index (χ4n) is 4.79. The van der Waals surface area contributed by atoms with Gasteiger partial charge in [0.25, 0.3) is 0 Å². The summed E-state index contributed by atoms with van der Waals surface area (Å²) in [6, 6.07) is 7.98. The average Bonchev–Trinajstić information content (AvgIpc) is 3.10. The number of carbonyl (C=O) groups excluding carboxylic acids is 1. The van der Waals surface area contributed by atoms with Crippen molar-refractivity contribution in [1.29, 1.82) is 0 Å². The van der Waals surface area contributed by atoms with Crippen molar-refractivity contribution in [2.24, 2.45) is 11.7 Å². The maximum absolute atomic E-state index is 13.8. The molecule has 0 aliphatic carbocycles. The first-order chi connectivity index (χ1) is 16.7. The molecule has 2 aliphatic rings. The lowest BCUT2D eigenvalue weighted by atomic mass is 9.95. The quantitative estimate of drug-likeness (QED) is 0.485. The zero-order chi connectivity index (χ0) is 25.5. The maximum Gasteiger partial charge on any atom is 0.240 e. The Bertz CT molecular complexity index is 914. The van der Waals surface area contributed by atoms with Crippen LogP contribution in [0.2, 0.25) is 0 Å². The number of anilines is 1. The van der Waals surface area contributed by atoms with Crippen molar-refractivity contribution in [1.82, 2.24) is 9.21 Å². The van der Waals surface area contributed by atoms with E-state index in [4.69, 9.17) is 15.2 Å². The van der Waals surface area contributed by atoms with Gasteiger partial charge in [0.05, 0.1) is 13.2 Å². The SMILES string of the molecule is COCCN1CCC(C(N)=O)(S(=O)(=O)N2CCCN(c3ccc(OCCC(C)C)cc3)CC2)CC1. The second-order valence-corrected chi connectivity index (χ2v) is 12.2. The molecule has 0 unspecified atom stereocenters. The molecule has 1 aromatic carbocycles. The number of nitrogens with two attached hydrogens (primary N) is 1. The molecule has 2 saturated heterocycles. The molecule has 9 nitrogen and oxygen atoms in total. The van der Waals surface area contributed by atoms with E-state index in [1.54, 1.807) is 7.11 Å². The fraction of sp³-hybridized carbons (Fsp3) is 0.720. The van der Waals surface area contributed by atoms with Gasteiger partial charge in [-0.3, -0.25) is 4.79 Å². The molecule has 35 heavy (non-hydrogen) atoms. The van der Waals surface area contributed by atoms with Crippen molar-refractivity contribution >= 4 is 21.6 Å². The van der Waals surface area contributed by atoms with Gasteiger partial charge in [-0.25, -0.2) is 8.42 Å². The van der Waals surface area contributed by atoms with Gasteiger partial charge in [0.15, 0.2) is 4.75 Å². The van der Waals surface area contributed by atoms with Gasteiger partial charge >= 0.3 is 0 Å². The summed E-state index contributed by atoms with van der Waals surface area (Å²) >= 11 is 0. The summed E-state index contributed by atoms with van der Waals surface area (Å²) in [4.78, 5) is 16.9. The van der Waals surface area contributed by atoms with Crippen molar-refractivity contribution in [3.63, 3.8) is 0 Å². The monoisotopic (exact) mass is 510 g/mol. The Labute approximate surface area is 210 Å². The number of amides is 1. The second-order valence-electron chi connectivity index (χ2n) is 9.96. The molecule has 0 atom stereocenters. The molecular formula is C25H42N4O5S. The van der Waals surface area contributed by atoms with Gasteiger partial charge in [0.1, 0.15) is 5.75 Å². The van der Waals surface area contributed by atoms with Gasteiger partial charge in [-0.15, -0.1) is 0 Å². The van der Waals surface area contributed by atoms with E-state index in [0.29, 0.717) is 64.8 Å². The summed E-state index contributed by atoms with van der Waals surface area (Å²) in [5.74, 6) is 0.703. The van der Waals surface area contributed by atoms with E-state index in [0.717, 1.165) is 24.4 Å². The Kier molecular flexibility index (Phi) is 9.80. The van der Waals surface area contributed by atoms with Gasteiger partial charge in [-0.1, -0.05) is 13.8 Å². The topological polar surface area (TPSA) is 105 Å². The molecule has 198 valence electrons. The Hall–Kier alpha value is -1.88. The van der Waals surface area contributed by atoms with Gasteiger partial charge in [-0.05, 0) is 55.9 Å². The van der Waals surface area contributed by atoms with E-state index in [9.17, 15) is 13.2 Å². The van der Waals surface area contributed by atoms with Crippen LogP contribution < -0.4 is 15.4 Å². The minimum Gasteiger partial charge on any atom is -0.494 e. The molecule has 2 fully saturated rings. The number of ether oxygens (including phenoxy) is 2. The number of likely N-dealkylation sites (tertiary alicyclic amines) is 1. The smallest absolute Gasteiger partial charge is 0.240 e. The fourth-order valence-corrected chi connectivity index (χ4v) is 6.93. The van der Waals surface area contributed by atoms with Crippen LogP contribution in [0, 0.1) is 5.92 Å². The average molecular weight is 511 g/mol. The van der Waals surface area contributed by atoms with Gasteiger partial charge < -0.3 is 25.0 Å². The molecular weight excluding hydrogens is 468 g/mol. The normalized spacial score (nSPS) is 20.1. The lowest BCUT2D eigenvalue weighted by molar-refractivity contribution is -0.121. The zero-order valence-corrected chi connectivity index (χ0v) is 22.3. The Morgan fingerprint density at radius 1 is 1.03 bits per heavy atom. The number of rotatable bonds is 11. The molecule has 2 aliphatic heterocycles. The highest BCUT2D eigenvalue weighted by Crippen LogP contribution is 2.34. The molecule has 0 saturated carbocycles. The van der Waals surface area contributed by atoms with Crippen molar-refractivity contribution < 1.29 is 22.7 Å². The third-order valence-corrected chi connectivity index (χ3v) is 9.82. The summed E-state index contributed by atoms with van der Waals surface area (Å²) in [5.41, 5.74) is 6.79. The van der Waals surface area contributed by atoms with E-state index in [1.165, 1.54) is 4.31 Å². The van der Waals surface area contributed by atoms with Crippen LogP contribution in [0.15, 0.2) is 24.3 Å². The van der Waals surface area contributed by atoms with E-state index in [-0.39, 0.29) is 12.8 Å². The maximum atomic E-state index is 13.8. The third-order valence-electron chi connectivity index (χ3n) is 7.18. The van der Waals surface area contributed by atoms with Gasteiger partial charge in [-0.2, -0.15) is 4.31 Å². The van der Waals surface area contributed by atoms with E-state index >= 15 is 0 Å². The molecule has 2 N–H and O–H groups in total. The number of methoxy groups -OCH3 is 1. The zero-order valence-electron chi connectivity index (χ0n) is 21.4. The van der Waals surface area contributed by atoms with Crippen LogP contribution in [-0.2, 0) is 19.6 Å². The van der Waals surface area contributed by atoms with Crippen LogP contribution >= 0.6 is 0 Å². The molecule has 0 radical (unpaired) electrons. The number of hydrogen-bond acceptors (Lipinski definition) is 7. The van der Waals surface area contributed by atoms with E-state index in [1.807, 2.05) is 24.3 Å². The van der Waals surface area contributed by atoms with Crippen LogP contribution in [0.3, 0.4) is 0 Å². The summed E-state index contributed by atoms with van der Waals surface area (Å²) in [6.45, 7) is 9.37. The molecule has 1 amide bonds. The Morgan fingerprint density at radius 3 is 2.31 bits per heavy atom. The second kappa shape index (κ2) is 12.4. The number of piperidine rings is 1. The number of carbonyl (C=O) groups is 1. The molecule has 0 bridgehead atoms. The number of primary amides is 1. The first-order valence-electron chi connectivity index (χ1n) is 12.7. The van der Waals surface area contributed by atoms with Crippen LogP contribution in [0.25, 0.3) is 0 Å². The first-order valence-corrected chi connectivity index (χ1v) is 14.1. The van der Waals surface area contributed by atoms with Gasteiger partial charge in [0, 0.05) is 58.6 Å². The summed E-state index contributed by atoms with van der Waals surface area (Å²) in [6.07, 6.45) is 2.12. The highest BCUT2D eigenvalue weighted by atomic mass is 32.2. The highest BCUT2D eigenvalue weighted by molar-refractivity contribution is 7.91. The number of hydrogen-bond donors (Lipinski definition) is 1. The van der Waals surface area contributed by atoms with Gasteiger partial charge in [0.2, 0.25) is 15.9 Å². The standard InChI is InChI=1S/C25H42N4O5S/c1-21(2)9-19-34-23-7-5-22(6-8-23)28-12-4-13-29(17-16-28)35(31,32)25(24(26)30)10-14-27(15-11-25)18-20-33-3/h5-8,21H,4,9-20H2,1-3H3,(H2,26,30). The molecule has 2 heterocycles. The van der Waals surface area contributed by atoms with Crippen molar-refractivity contribution in [3.05, 3.63) is 24.3 Å². The molecule has 3 rings (SSSR count). The number of sulfonamides is 1. The molecule has 0 aromatic heterocycles. The molecule has 0 spiro atoms. The van der Waals surface area contributed by atoms with Crippen LogP contribution in [0.1, 0.15) is 39.5 Å². The molecule has 10 heteroatoms. The largest absolute Gasteiger partial charge is 0.494 e. The van der Waals surface area contributed by atoms with Crippen LogP contribution in [0.4, 0.5) is 5.69 Å². The number of benzene rings is 1. The van der Waals surface area contributed by atoms with Crippen molar-refractivity contribution in [3.8, 4) is 5.75 Å². The third kappa shape index (κ3) is 6.67. The minimum atomic E-state index is -3.89. The van der Waals surface area contributed by atoms with E-state index in [2.05, 4.69) is 23.6 Å². The van der Waals surface area contributed by atoms with Crippen LogP contribution in [0.5, 0.6) is 5.75 Å². The lowest BCUT2D eigenvalue weighted by Crippen LogP contribution is -2.61. The summed E-state index contributed by atoms with van der Waals surface area (Å²) in [7, 11) is -2.25. The van der Waals surface area contributed by atoms with E-state index < -0.39 is 20.7 Å². The van der Waals surface area contributed by atoms with Crippen molar-refractivity contribution in [2.45, 2.75) is 44.3 Å². The predicted octanol–water partition coefficient (Wildman–Crippen LogP) is 1.92. The Balaban J connectivity index is 1.63. The summed E-state index contributed by atoms with van der Waals surface area (Å²) < 4.78 is 38.4. The summed E-state index contributed by atoms with van der Waals surface area (Å²) in [5, 5.41) is 0. The Morgan fingerprint density at radius 2 is 1.71 bits per heavy atom. The van der Waals surface area contributed by atoms with Crippen LogP contribution in [-0.4, -0.2) is 94.4 Å². The molecule has 1 aromatic rings. The van der Waals surface area contributed by atoms with Crippen molar-refractivity contribution in [2.75, 3.05) is 71.0 Å². The first kappa shape index (κ1) is 27.7. The highest BCUT2D eigenvalue weighted by Gasteiger charge is 2.53. The number of nitrogens with zero attached hydrogens (tertiary/aromatic N) is 3. The predicted molar refractivity (Wildman–Crippen MR) is 138 cm³/mol. The lowest BCUT2D eigenvalue weighted by Gasteiger charge is -2.41.